The van der Waals surface area contributed by atoms with Crippen molar-refractivity contribution in [3.8, 4) is 0 Å². The summed E-state index contributed by atoms with van der Waals surface area (Å²) >= 11 is 5.18. The normalized spacial score (nSPS) is 11.1. The fourth-order valence-corrected chi connectivity index (χ4v) is 4.79. The smallest absolute Gasteiger partial charge is 0.337 e. The first-order chi connectivity index (χ1) is 15.2. The van der Waals surface area contributed by atoms with Crippen LogP contribution in [0.2, 0.25) is 0 Å². The molecule has 0 radical (unpaired) electrons. The largest absolute Gasteiger partial charge is 0.465 e. The summed E-state index contributed by atoms with van der Waals surface area (Å²) in [5.74, 6) is -1.05. The van der Waals surface area contributed by atoms with E-state index in [1.807, 2.05) is 13.8 Å². The molecule has 0 saturated heterocycles. The van der Waals surface area contributed by atoms with E-state index in [9.17, 15) is 18.0 Å². The van der Waals surface area contributed by atoms with Crippen LogP contribution in [-0.4, -0.2) is 49.9 Å². The summed E-state index contributed by atoms with van der Waals surface area (Å²) in [6, 6.07) is 12.2. The molecule has 0 atom stereocenters. The van der Waals surface area contributed by atoms with Gasteiger partial charge >= 0.3 is 5.97 Å². The lowest BCUT2D eigenvalue weighted by Gasteiger charge is -2.21. The van der Waals surface area contributed by atoms with Gasteiger partial charge in [0.2, 0.25) is 10.0 Å². The molecular formula is C22H27N3O5S2. The highest BCUT2D eigenvalue weighted by Gasteiger charge is 2.22. The van der Waals surface area contributed by atoms with Crippen molar-refractivity contribution in [2.24, 2.45) is 0 Å². The number of nitrogens with zero attached hydrogens (tertiary/aromatic N) is 1. The number of carbonyl (C=O) groups is 2. The quantitative estimate of drug-likeness (QED) is 0.421. The molecule has 0 fully saturated rings. The van der Waals surface area contributed by atoms with Crippen LogP contribution in [0.4, 0.5) is 5.69 Å². The lowest BCUT2D eigenvalue weighted by molar-refractivity contribution is 0.0600. The summed E-state index contributed by atoms with van der Waals surface area (Å²) in [6.07, 6.45) is 1.46. The first kappa shape index (κ1) is 25.4. The highest BCUT2D eigenvalue weighted by Crippen LogP contribution is 2.19. The molecule has 0 aromatic heterocycles. The zero-order valence-electron chi connectivity index (χ0n) is 18.3. The van der Waals surface area contributed by atoms with Crippen molar-refractivity contribution < 1.29 is 22.7 Å². The van der Waals surface area contributed by atoms with Gasteiger partial charge in [0.15, 0.2) is 5.11 Å². The molecule has 0 aliphatic heterocycles. The molecule has 0 aliphatic rings. The SMILES string of the molecule is CCCN(CCC)S(=O)(=O)c1ccc(NC(=S)NC(=O)c2cccc(C(=O)OC)c2)cc1. The van der Waals surface area contributed by atoms with Gasteiger partial charge in [0.25, 0.3) is 5.91 Å². The maximum Gasteiger partial charge on any atom is 0.337 e. The topological polar surface area (TPSA) is 105 Å². The van der Waals surface area contributed by atoms with E-state index in [0.29, 0.717) is 18.8 Å². The second kappa shape index (κ2) is 11.7. The molecular weight excluding hydrogens is 450 g/mol. The van der Waals surface area contributed by atoms with Crippen molar-refractivity contribution >= 4 is 44.9 Å². The first-order valence-corrected chi connectivity index (χ1v) is 12.0. The molecule has 0 spiro atoms. The third kappa shape index (κ3) is 6.59. The fourth-order valence-electron chi connectivity index (χ4n) is 2.95. The second-order valence-corrected chi connectivity index (χ2v) is 9.26. The molecule has 0 aliphatic carbocycles. The van der Waals surface area contributed by atoms with Crippen molar-refractivity contribution in [2.45, 2.75) is 31.6 Å². The van der Waals surface area contributed by atoms with Crippen LogP contribution in [-0.2, 0) is 14.8 Å². The van der Waals surface area contributed by atoms with Crippen LogP contribution in [0.1, 0.15) is 47.4 Å². The van der Waals surface area contributed by atoms with Gasteiger partial charge in [0.1, 0.15) is 0 Å². The molecule has 32 heavy (non-hydrogen) atoms. The monoisotopic (exact) mass is 477 g/mol. The number of hydrogen-bond acceptors (Lipinski definition) is 6. The molecule has 2 N–H and O–H groups in total. The molecule has 0 bridgehead atoms. The van der Waals surface area contributed by atoms with Crippen molar-refractivity contribution in [2.75, 3.05) is 25.5 Å². The number of rotatable bonds is 9. The van der Waals surface area contributed by atoms with E-state index in [1.54, 1.807) is 24.3 Å². The summed E-state index contributed by atoms with van der Waals surface area (Å²) in [5.41, 5.74) is 1.01. The van der Waals surface area contributed by atoms with E-state index < -0.39 is 21.9 Å². The zero-order chi connectivity index (χ0) is 23.7. The lowest BCUT2D eigenvalue weighted by Crippen LogP contribution is -2.34. The van der Waals surface area contributed by atoms with Crippen molar-refractivity contribution in [3.63, 3.8) is 0 Å². The van der Waals surface area contributed by atoms with Crippen LogP contribution >= 0.6 is 12.2 Å². The van der Waals surface area contributed by atoms with E-state index in [4.69, 9.17) is 12.2 Å². The number of sulfonamides is 1. The van der Waals surface area contributed by atoms with Gasteiger partial charge in [-0.15, -0.1) is 0 Å². The van der Waals surface area contributed by atoms with Gasteiger partial charge in [-0.1, -0.05) is 19.9 Å². The van der Waals surface area contributed by atoms with Crippen molar-refractivity contribution in [1.29, 1.82) is 0 Å². The van der Waals surface area contributed by atoms with Gasteiger partial charge in [-0.05, 0) is 67.5 Å². The minimum Gasteiger partial charge on any atom is -0.465 e. The average molecular weight is 478 g/mol. The predicted molar refractivity (Wildman–Crippen MR) is 127 cm³/mol. The Morgan fingerprint density at radius 3 is 2.16 bits per heavy atom. The molecule has 2 aromatic carbocycles. The van der Waals surface area contributed by atoms with Gasteiger partial charge in [-0.3, -0.25) is 10.1 Å². The molecule has 2 rings (SSSR count). The number of benzene rings is 2. The number of ether oxygens (including phenoxy) is 1. The fraction of sp³-hybridized carbons (Fsp3) is 0.318. The van der Waals surface area contributed by atoms with Gasteiger partial charge in [0.05, 0.1) is 17.6 Å². The van der Waals surface area contributed by atoms with Crippen LogP contribution < -0.4 is 10.6 Å². The number of anilines is 1. The molecule has 2 aromatic rings. The van der Waals surface area contributed by atoms with Gasteiger partial charge in [-0.25, -0.2) is 13.2 Å². The van der Waals surface area contributed by atoms with E-state index >= 15 is 0 Å². The minimum absolute atomic E-state index is 0.0349. The highest BCUT2D eigenvalue weighted by atomic mass is 32.2. The molecule has 8 nitrogen and oxygen atoms in total. The molecule has 0 unspecified atom stereocenters. The number of hydrogen-bond donors (Lipinski definition) is 2. The van der Waals surface area contributed by atoms with Gasteiger partial charge in [0, 0.05) is 24.3 Å². The summed E-state index contributed by atoms with van der Waals surface area (Å²) < 4.78 is 31.8. The zero-order valence-corrected chi connectivity index (χ0v) is 19.9. The van der Waals surface area contributed by atoms with E-state index in [0.717, 1.165) is 12.8 Å². The van der Waals surface area contributed by atoms with Gasteiger partial charge in [-0.2, -0.15) is 4.31 Å². The first-order valence-electron chi connectivity index (χ1n) is 10.1. The number of amides is 1. The predicted octanol–water partition coefficient (Wildman–Crippen LogP) is 3.41. The molecule has 1 amide bonds. The van der Waals surface area contributed by atoms with Crippen LogP contribution in [0.5, 0.6) is 0 Å². The Labute approximate surface area is 194 Å². The maximum atomic E-state index is 12.8. The average Bonchev–Trinajstić information content (AvgIpc) is 2.78. The summed E-state index contributed by atoms with van der Waals surface area (Å²) in [4.78, 5) is 24.2. The van der Waals surface area contributed by atoms with Crippen LogP contribution in [0.3, 0.4) is 0 Å². The van der Waals surface area contributed by atoms with Crippen LogP contribution in [0.25, 0.3) is 0 Å². The summed E-state index contributed by atoms with van der Waals surface area (Å²) in [5, 5.41) is 5.41. The Morgan fingerprint density at radius 2 is 1.59 bits per heavy atom. The maximum absolute atomic E-state index is 12.8. The lowest BCUT2D eigenvalue weighted by atomic mass is 10.1. The second-order valence-electron chi connectivity index (χ2n) is 6.91. The number of nitrogens with one attached hydrogen (secondary N) is 2. The van der Waals surface area contributed by atoms with Crippen molar-refractivity contribution in [3.05, 3.63) is 59.7 Å². The Hall–Kier alpha value is -2.82. The Morgan fingerprint density at radius 1 is 1.00 bits per heavy atom. The Balaban J connectivity index is 2.05. The Bertz CT molecular complexity index is 1060. The standard InChI is InChI=1S/C22H27N3O5S2/c1-4-13-25(14-5-2)32(28,29)19-11-9-18(10-12-19)23-22(31)24-20(26)16-7-6-8-17(15-16)21(27)30-3/h6-12,15H,4-5,13-14H2,1-3H3,(H2,23,24,26,31). The van der Waals surface area contributed by atoms with Crippen molar-refractivity contribution in [1.82, 2.24) is 9.62 Å². The van der Waals surface area contributed by atoms with E-state index in [1.165, 1.54) is 35.7 Å². The summed E-state index contributed by atoms with van der Waals surface area (Å²) in [6.45, 7) is 4.80. The van der Waals surface area contributed by atoms with Crippen LogP contribution in [0.15, 0.2) is 53.4 Å². The molecule has 0 saturated carbocycles. The highest BCUT2D eigenvalue weighted by molar-refractivity contribution is 7.89. The molecule has 172 valence electrons. The number of esters is 1. The Kier molecular flexibility index (Phi) is 9.30. The van der Waals surface area contributed by atoms with Gasteiger partial charge < -0.3 is 10.1 Å². The number of methoxy groups -OCH3 is 1. The summed E-state index contributed by atoms with van der Waals surface area (Å²) in [7, 11) is -2.31. The van der Waals surface area contributed by atoms with Crippen LogP contribution in [0, 0.1) is 0 Å². The molecule has 10 heteroatoms. The third-order valence-corrected chi connectivity index (χ3v) is 6.59. The number of carbonyl (C=O) groups excluding carboxylic acids is 2. The van der Waals surface area contributed by atoms with E-state index in [2.05, 4.69) is 15.4 Å². The van der Waals surface area contributed by atoms with E-state index in [-0.39, 0.29) is 21.1 Å². The number of thiocarbonyl (C=S) groups is 1. The molecule has 0 heterocycles. The third-order valence-electron chi connectivity index (χ3n) is 4.47. The minimum atomic E-state index is -3.57.